The Hall–Kier alpha value is -2.40. The summed E-state index contributed by atoms with van der Waals surface area (Å²) in [6.07, 6.45) is 5.76. The summed E-state index contributed by atoms with van der Waals surface area (Å²) in [6.45, 7) is 5.64. The molecule has 2 aromatic rings. The molecule has 0 N–H and O–H groups in total. The number of pyridine rings is 1. The van der Waals surface area contributed by atoms with E-state index in [1.54, 1.807) is 13.1 Å². The lowest BCUT2D eigenvalue weighted by Gasteiger charge is -2.43. The Morgan fingerprint density at radius 2 is 2.12 bits per heavy atom. The minimum Gasteiger partial charge on any atom is -0.484 e. The third-order valence-electron chi connectivity index (χ3n) is 5.33. The number of aromatic nitrogens is 1. The molecule has 1 atom stereocenters. The topological polar surface area (TPSA) is 45.7 Å². The number of fused-ring (bicyclic) bond motifs is 1. The van der Waals surface area contributed by atoms with E-state index in [1.165, 1.54) is 5.56 Å². The Morgan fingerprint density at radius 1 is 1.23 bits per heavy atom. The maximum atomic E-state index is 12.2. The fraction of sp³-hybridized carbons (Fsp3) is 0.429. The van der Waals surface area contributed by atoms with Crippen molar-refractivity contribution in [2.45, 2.75) is 38.5 Å². The predicted molar refractivity (Wildman–Crippen MR) is 99.6 cm³/mol. The Morgan fingerprint density at radius 3 is 2.92 bits per heavy atom. The van der Waals surface area contributed by atoms with Gasteiger partial charge in [0.1, 0.15) is 11.4 Å². The average molecular weight is 351 g/mol. The van der Waals surface area contributed by atoms with Gasteiger partial charge in [0.05, 0.1) is 6.54 Å². The number of hydrogen-bond acceptors (Lipinski definition) is 4. The molecule has 0 bridgehead atoms. The fourth-order valence-corrected chi connectivity index (χ4v) is 4.12. The number of carbonyl (C=O) groups excluding carboxylic acids is 1. The maximum absolute atomic E-state index is 12.2. The molecule has 1 saturated heterocycles. The summed E-state index contributed by atoms with van der Waals surface area (Å²) >= 11 is 0. The van der Waals surface area contributed by atoms with E-state index in [2.05, 4.69) is 22.0 Å². The van der Waals surface area contributed by atoms with Gasteiger partial charge in [0.15, 0.2) is 0 Å². The summed E-state index contributed by atoms with van der Waals surface area (Å²) in [5.74, 6) is 1.02. The molecule has 5 nitrogen and oxygen atoms in total. The monoisotopic (exact) mass is 351 g/mol. The van der Waals surface area contributed by atoms with Gasteiger partial charge in [0.25, 0.3) is 0 Å². The molecule has 0 saturated carbocycles. The lowest BCUT2D eigenvalue weighted by molar-refractivity contribution is -0.133. The minimum absolute atomic E-state index is 0.106. The van der Waals surface area contributed by atoms with Gasteiger partial charge in [-0.25, -0.2) is 0 Å². The van der Waals surface area contributed by atoms with Gasteiger partial charge < -0.3 is 9.64 Å². The van der Waals surface area contributed by atoms with Crippen LogP contribution in [0.3, 0.4) is 0 Å². The normalized spacial score (nSPS) is 23.2. The second kappa shape index (κ2) is 7.08. The van der Waals surface area contributed by atoms with Gasteiger partial charge in [-0.1, -0.05) is 24.3 Å². The molecule has 2 aliphatic heterocycles. The molecule has 0 radical (unpaired) electrons. The highest BCUT2D eigenvalue weighted by atomic mass is 16.5. The summed E-state index contributed by atoms with van der Waals surface area (Å²) in [5, 5.41) is 0. The highest BCUT2D eigenvalue weighted by molar-refractivity contribution is 5.73. The molecule has 1 aromatic carbocycles. The zero-order chi connectivity index (χ0) is 18.0. The molecule has 1 fully saturated rings. The van der Waals surface area contributed by atoms with Crippen molar-refractivity contribution in [2.24, 2.45) is 0 Å². The van der Waals surface area contributed by atoms with Crippen LogP contribution in [0.1, 0.15) is 30.9 Å². The van der Waals surface area contributed by atoms with E-state index < -0.39 is 0 Å². The molecule has 3 heterocycles. The second-order valence-corrected chi connectivity index (χ2v) is 7.44. The van der Waals surface area contributed by atoms with Gasteiger partial charge in [-0.05, 0) is 37.1 Å². The van der Waals surface area contributed by atoms with Gasteiger partial charge in [-0.15, -0.1) is 0 Å². The highest BCUT2D eigenvalue weighted by Crippen LogP contribution is 2.35. The van der Waals surface area contributed by atoms with Crippen LogP contribution in [0.15, 0.2) is 48.8 Å². The zero-order valence-corrected chi connectivity index (χ0v) is 15.2. The van der Waals surface area contributed by atoms with Crippen LogP contribution in [0.25, 0.3) is 0 Å². The van der Waals surface area contributed by atoms with Crippen LogP contribution in [0.5, 0.6) is 5.75 Å². The van der Waals surface area contributed by atoms with Crippen molar-refractivity contribution in [2.75, 3.05) is 19.6 Å². The van der Waals surface area contributed by atoms with E-state index in [9.17, 15) is 4.79 Å². The lowest BCUT2D eigenvalue weighted by Crippen LogP contribution is -2.57. The summed E-state index contributed by atoms with van der Waals surface area (Å²) in [5.41, 5.74) is 1.95. The van der Waals surface area contributed by atoms with E-state index in [0.29, 0.717) is 13.1 Å². The van der Waals surface area contributed by atoms with Crippen molar-refractivity contribution in [1.29, 1.82) is 0 Å². The number of piperidine rings is 1. The van der Waals surface area contributed by atoms with Gasteiger partial charge in [-0.2, -0.15) is 0 Å². The van der Waals surface area contributed by atoms with Crippen LogP contribution < -0.4 is 4.74 Å². The first-order chi connectivity index (χ1) is 12.6. The quantitative estimate of drug-likeness (QED) is 0.835. The van der Waals surface area contributed by atoms with Gasteiger partial charge in [0.2, 0.25) is 5.91 Å². The van der Waals surface area contributed by atoms with Crippen molar-refractivity contribution in [3.05, 3.63) is 59.9 Å². The fourth-order valence-electron chi connectivity index (χ4n) is 4.12. The van der Waals surface area contributed by atoms with Crippen LogP contribution in [0, 0.1) is 0 Å². The maximum Gasteiger partial charge on any atom is 0.219 e. The van der Waals surface area contributed by atoms with E-state index in [-0.39, 0.29) is 11.5 Å². The van der Waals surface area contributed by atoms with Crippen LogP contribution in [0.4, 0.5) is 0 Å². The van der Waals surface area contributed by atoms with Crippen LogP contribution in [0.2, 0.25) is 0 Å². The third-order valence-corrected chi connectivity index (χ3v) is 5.33. The standard InChI is InChI=1S/C21H25N3O2/c1-17(25)24-14-19-7-2-3-8-20(19)26-21(16-24)9-5-11-23(15-21)13-18-6-4-10-22-12-18/h2-4,6-8,10,12H,5,9,11,13-16H2,1H3. The molecule has 1 amide bonds. The van der Waals surface area contributed by atoms with Crippen molar-refractivity contribution in [1.82, 2.24) is 14.8 Å². The molecular weight excluding hydrogens is 326 g/mol. The first-order valence-corrected chi connectivity index (χ1v) is 9.27. The molecule has 136 valence electrons. The van der Waals surface area contributed by atoms with E-state index in [4.69, 9.17) is 4.74 Å². The number of amides is 1. The Labute approximate surface area is 154 Å². The first-order valence-electron chi connectivity index (χ1n) is 9.27. The molecule has 26 heavy (non-hydrogen) atoms. The van der Waals surface area contributed by atoms with Crippen LogP contribution in [-0.4, -0.2) is 45.9 Å². The number of hydrogen-bond donors (Lipinski definition) is 0. The third kappa shape index (κ3) is 3.58. The Bertz CT molecular complexity index is 780. The number of benzene rings is 1. The van der Waals surface area contributed by atoms with E-state index in [1.807, 2.05) is 35.4 Å². The summed E-state index contributed by atoms with van der Waals surface area (Å²) in [6, 6.07) is 12.2. The zero-order valence-electron chi connectivity index (χ0n) is 15.2. The summed E-state index contributed by atoms with van der Waals surface area (Å²) in [4.78, 5) is 20.8. The molecule has 1 aromatic heterocycles. The molecule has 4 rings (SSSR count). The molecule has 1 spiro atoms. The van der Waals surface area contributed by atoms with E-state index in [0.717, 1.165) is 43.8 Å². The summed E-state index contributed by atoms with van der Waals surface area (Å²) in [7, 11) is 0. The van der Waals surface area contributed by atoms with Crippen LogP contribution in [-0.2, 0) is 17.9 Å². The van der Waals surface area contributed by atoms with Crippen molar-refractivity contribution in [3.63, 3.8) is 0 Å². The molecule has 5 heteroatoms. The minimum atomic E-state index is -0.348. The van der Waals surface area contributed by atoms with Crippen LogP contribution >= 0.6 is 0 Å². The van der Waals surface area contributed by atoms with E-state index >= 15 is 0 Å². The number of nitrogens with zero attached hydrogens (tertiary/aromatic N) is 3. The van der Waals surface area contributed by atoms with Gasteiger partial charge >= 0.3 is 0 Å². The average Bonchev–Trinajstić information content (AvgIpc) is 2.79. The number of para-hydroxylation sites is 1. The van der Waals surface area contributed by atoms with Gasteiger partial charge in [0, 0.05) is 44.5 Å². The predicted octanol–water partition coefficient (Wildman–Crippen LogP) is 2.86. The summed E-state index contributed by atoms with van der Waals surface area (Å²) < 4.78 is 6.58. The van der Waals surface area contributed by atoms with Crippen molar-refractivity contribution >= 4 is 5.91 Å². The largest absolute Gasteiger partial charge is 0.484 e. The Balaban J connectivity index is 1.59. The van der Waals surface area contributed by atoms with Crippen molar-refractivity contribution in [3.8, 4) is 5.75 Å². The lowest BCUT2D eigenvalue weighted by atomic mass is 9.91. The number of carbonyl (C=O) groups is 1. The molecule has 2 aliphatic rings. The smallest absolute Gasteiger partial charge is 0.219 e. The molecule has 0 aliphatic carbocycles. The SMILES string of the molecule is CC(=O)N1Cc2ccccc2OC2(CCCN(Cc3cccnc3)C2)C1. The second-order valence-electron chi connectivity index (χ2n) is 7.44. The first kappa shape index (κ1) is 17.0. The molecule has 1 unspecified atom stereocenters. The highest BCUT2D eigenvalue weighted by Gasteiger charge is 2.42. The number of rotatable bonds is 2. The number of ether oxygens (including phenoxy) is 1. The Kier molecular flexibility index (Phi) is 4.64. The van der Waals surface area contributed by atoms with Gasteiger partial charge in [-0.3, -0.25) is 14.7 Å². The molecular formula is C21H25N3O2. The van der Waals surface area contributed by atoms with Crippen molar-refractivity contribution < 1.29 is 9.53 Å². The number of likely N-dealkylation sites (tertiary alicyclic amines) is 1.